The minimum absolute atomic E-state index is 0.0601. The summed E-state index contributed by atoms with van der Waals surface area (Å²) in [5.74, 6) is 1.65. The lowest BCUT2D eigenvalue weighted by atomic mass is 9.49. The lowest BCUT2D eigenvalue weighted by Gasteiger charge is -2.55. The second-order valence-corrected chi connectivity index (χ2v) is 10.6. The molecule has 164 valence electrons. The highest BCUT2D eigenvalue weighted by Crippen LogP contribution is 2.60. The van der Waals surface area contributed by atoms with Crippen molar-refractivity contribution in [3.8, 4) is 0 Å². The first kappa shape index (κ1) is 19.8. The van der Waals surface area contributed by atoms with Crippen molar-refractivity contribution in [2.75, 3.05) is 0 Å². The number of amides is 2. The number of carbonyl (C=O) groups is 2. The average molecular weight is 427 g/mol. The van der Waals surface area contributed by atoms with Gasteiger partial charge in [-0.2, -0.15) is 0 Å². The van der Waals surface area contributed by atoms with Gasteiger partial charge in [-0.1, -0.05) is 48.5 Å². The Bertz CT molecular complexity index is 1140. The minimum atomic E-state index is -0.704. The van der Waals surface area contributed by atoms with Crippen LogP contribution in [-0.2, 0) is 16.0 Å². The van der Waals surface area contributed by atoms with Crippen LogP contribution in [0.25, 0.3) is 21.5 Å². The summed E-state index contributed by atoms with van der Waals surface area (Å²) in [5.41, 5.74) is 6.65. The number of nitrogens with one attached hydrogen (secondary N) is 1. The van der Waals surface area contributed by atoms with E-state index in [1.807, 2.05) is 24.3 Å². The lowest BCUT2D eigenvalue weighted by Crippen LogP contribution is -2.57. The Kier molecular flexibility index (Phi) is 4.53. The molecule has 0 radical (unpaired) electrons. The fourth-order valence-corrected chi connectivity index (χ4v) is 7.45. The molecule has 0 heterocycles. The molecule has 4 nitrogen and oxygen atoms in total. The van der Waals surface area contributed by atoms with E-state index in [4.69, 9.17) is 5.73 Å². The van der Waals surface area contributed by atoms with Gasteiger partial charge >= 0.3 is 0 Å². The zero-order chi connectivity index (χ0) is 21.9. The molecule has 2 amide bonds. The first-order valence-corrected chi connectivity index (χ1v) is 12.0. The third kappa shape index (κ3) is 3.19. The fraction of sp³-hybridized carbons (Fsp3) is 0.429. The highest BCUT2D eigenvalue weighted by atomic mass is 16.2. The molecule has 3 aromatic carbocycles. The predicted molar refractivity (Wildman–Crippen MR) is 127 cm³/mol. The third-order valence-corrected chi connectivity index (χ3v) is 8.46. The fourth-order valence-electron chi connectivity index (χ4n) is 7.45. The van der Waals surface area contributed by atoms with E-state index < -0.39 is 11.9 Å². The molecule has 4 bridgehead atoms. The second-order valence-electron chi connectivity index (χ2n) is 10.6. The van der Waals surface area contributed by atoms with Crippen LogP contribution in [0, 0.1) is 23.2 Å². The van der Waals surface area contributed by atoms with E-state index >= 15 is 0 Å². The van der Waals surface area contributed by atoms with Crippen LogP contribution in [0.2, 0.25) is 0 Å². The summed E-state index contributed by atoms with van der Waals surface area (Å²) >= 11 is 0. The maximum Gasteiger partial charge on any atom is 0.240 e. The molecule has 4 aliphatic carbocycles. The van der Waals surface area contributed by atoms with E-state index in [9.17, 15) is 9.59 Å². The summed E-state index contributed by atoms with van der Waals surface area (Å²) in [6, 6.07) is 18.0. The summed E-state index contributed by atoms with van der Waals surface area (Å²) in [4.78, 5) is 26.2. The van der Waals surface area contributed by atoms with Crippen molar-refractivity contribution < 1.29 is 9.59 Å². The number of nitrogens with two attached hydrogens (primary N) is 1. The first-order valence-electron chi connectivity index (χ1n) is 12.0. The van der Waals surface area contributed by atoms with Crippen LogP contribution in [0.3, 0.4) is 0 Å². The van der Waals surface area contributed by atoms with Gasteiger partial charge in [0.25, 0.3) is 0 Å². The maximum atomic E-state index is 13.6. The van der Waals surface area contributed by atoms with Crippen molar-refractivity contribution in [2.45, 2.75) is 51.0 Å². The zero-order valence-electron chi connectivity index (χ0n) is 18.3. The third-order valence-electron chi connectivity index (χ3n) is 8.46. The van der Waals surface area contributed by atoms with Crippen LogP contribution >= 0.6 is 0 Å². The molecule has 0 unspecified atom stereocenters. The highest BCUT2D eigenvalue weighted by molar-refractivity contribution is 6.03. The molecule has 4 fully saturated rings. The molecule has 0 spiro atoms. The molecular weight excluding hydrogens is 396 g/mol. The van der Waals surface area contributed by atoms with E-state index in [1.54, 1.807) is 0 Å². The van der Waals surface area contributed by atoms with Gasteiger partial charge in [-0.25, -0.2) is 0 Å². The highest BCUT2D eigenvalue weighted by Gasteiger charge is 2.54. The van der Waals surface area contributed by atoms with Gasteiger partial charge in [-0.3, -0.25) is 9.59 Å². The van der Waals surface area contributed by atoms with Crippen LogP contribution in [0.4, 0.5) is 0 Å². The Labute approximate surface area is 188 Å². The summed E-state index contributed by atoms with van der Waals surface area (Å²) in [5, 5.41) is 7.63. The number of primary amides is 1. The number of fused-ring (bicyclic) bond motifs is 2. The van der Waals surface area contributed by atoms with Crippen LogP contribution in [0.5, 0.6) is 0 Å². The number of rotatable bonds is 5. The number of hydrogen-bond donors (Lipinski definition) is 2. The van der Waals surface area contributed by atoms with Crippen molar-refractivity contribution in [3.05, 3.63) is 60.2 Å². The molecule has 7 rings (SSSR count). The smallest absolute Gasteiger partial charge is 0.240 e. The Morgan fingerprint density at radius 3 is 1.88 bits per heavy atom. The summed E-state index contributed by atoms with van der Waals surface area (Å²) in [6.07, 6.45) is 7.21. The van der Waals surface area contributed by atoms with E-state index in [-0.39, 0.29) is 11.3 Å². The van der Waals surface area contributed by atoms with Gasteiger partial charge in [0.2, 0.25) is 11.8 Å². The van der Waals surface area contributed by atoms with E-state index in [0.717, 1.165) is 46.4 Å². The van der Waals surface area contributed by atoms with Gasteiger partial charge in [-0.15, -0.1) is 0 Å². The predicted octanol–water partition coefficient (Wildman–Crippen LogP) is 4.72. The number of carbonyl (C=O) groups excluding carboxylic acids is 2. The number of hydrogen-bond acceptors (Lipinski definition) is 2. The van der Waals surface area contributed by atoms with Gasteiger partial charge in [-0.05, 0) is 89.5 Å². The molecule has 1 atom stereocenters. The molecule has 0 saturated heterocycles. The largest absolute Gasteiger partial charge is 0.368 e. The van der Waals surface area contributed by atoms with Crippen LogP contribution in [0.1, 0.15) is 44.1 Å². The topological polar surface area (TPSA) is 72.2 Å². The molecule has 4 saturated carbocycles. The first-order chi connectivity index (χ1) is 15.5. The molecule has 0 aliphatic heterocycles. The van der Waals surface area contributed by atoms with Gasteiger partial charge in [0, 0.05) is 11.8 Å². The monoisotopic (exact) mass is 426 g/mol. The van der Waals surface area contributed by atoms with Gasteiger partial charge in [0.1, 0.15) is 6.04 Å². The SMILES string of the molecule is NC(=O)[C@H](Cc1c2ccccc2cc2ccccc12)NC(=O)C12CC3CC(CC(C3)C1)C2. The van der Waals surface area contributed by atoms with E-state index in [0.29, 0.717) is 24.2 Å². The van der Waals surface area contributed by atoms with Crippen LogP contribution in [-0.4, -0.2) is 17.9 Å². The molecule has 4 aliphatic rings. The van der Waals surface area contributed by atoms with Crippen molar-refractivity contribution in [2.24, 2.45) is 28.9 Å². The molecule has 32 heavy (non-hydrogen) atoms. The standard InChI is InChI=1S/C28H30N2O2/c29-26(31)25(30-27(32)28-14-17-9-18(15-28)11-19(10-17)16-28)13-24-22-7-3-1-5-20(22)12-21-6-2-4-8-23(21)24/h1-8,12,17-19,25H,9-11,13-16H2,(H2,29,31)(H,30,32)/t17?,18?,19?,25-,28?/m0/s1. The van der Waals surface area contributed by atoms with Crippen molar-refractivity contribution >= 4 is 33.4 Å². The van der Waals surface area contributed by atoms with Gasteiger partial charge < -0.3 is 11.1 Å². The lowest BCUT2D eigenvalue weighted by molar-refractivity contribution is -0.148. The molecule has 3 aromatic rings. The zero-order valence-corrected chi connectivity index (χ0v) is 18.3. The normalized spacial score (nSPS) is 29.3. The Morgan fingerprint density at radius 2 is 1.38 bits per heavy atom. The molecule has 0 aromatic heterocycles. The van der Waals surface area contributed by atoms with Crippen LogP contribution in [0.15, 0.2) is 54.6 Å². The summed E-state index contributed by atoms with van der Waals surface area (Å²) in [6.45, 7) is 0. The Morgan fingerprint density at radius 1 is 0.875 bits per heavy atom. The maximum absolute atomic E-state index is 13.6. The Balaban J connectivity index is 1.34. The Hall–Kier alpha value is -2.88. The van der Waals surface area contributed by atoms with Crippen molar-refractivity contribution in [3.63, 3.8) is 0 Å². The molecule has 3 N–H and O–H groups in total. The number of benzene rings is 3. The van der Waals surface area contributed by atoms with Gasteiger partial charge in [0.15, 0.2) is 0 Å². The van der Waals surface area contributed by atoms with Crippen molar-refractivity contribution in [1.82, 2.24) is 5.32 Å². The van der Waals surface area contributed by atoms with Crippen LogP contribution < -0.4 is 11.1 Å². The van der Waals surface area contributed by atoms with Crippen molar-refractivity contribution in [1.29, 1.82) is 0 Å². The molecular formula is C28H30N2O2. The van der Waals surface area contributed by atoms with E-state index in [2.05, 4.69) is 35.6 Å². The van der Waals surface area contributed by atoms with Gasteiger partial charge in [0.05, 0.1) is 0 Å². The van der Waals surface area contributed by atoms with E-state index in [1.165, 1.54) is 19.3 Å². The second kappa shape index (κ2) is 7.33. The summed E-state index contributed by atoms with van der Waals surface area (Å²) < 4.78 is 0. The minimum Gasteiger partial charge on any atom is -0.368 e. The summed E-state index contributed by atoms with van der Waals surface area (Å²) in [7, 11) is 0. The molecule has 4 heteroatoms. The quantitative estimate of drug-likeness (QED) is 0.580. The average Bonchev–Trinajstić information content (AvgIpc) is 2.77.